The third-order valence-electron chi connectivity index (χ3n) is 12.8. The summed E-state index contributed by atoms with van der Waals surface area (Å²) in [5, 5.41) is 25.7. The minimum atomic E-state index is -3.77. The standard InChI is InChI=1S/C47H58N8O9S2/c1-27(2)37(25-54-23-29-13-11-12-16-41(29)66(54,61)62)51-45(60)50-34-15-10-8-6-7-9-14-30-22-47(30,44(58)59)53-42(56)39-20-32(24-55(39)43(34)57)64-40-21-36(38-26-65-46(52-38)48-28(3)4)49-35-19-31(63-5)17-18-33(35)40/h9,11-14,16-19,21,26-28,30,32,34,37,39H,6-8,10,15,20,22-25H2,1-5H3,(H,48,52)(H,53,56)(H,58,59)(H2,50,51,60)/b14-9-/t30?,32-,34+,37-,39+,47-/m1/s1. The van der Waals surface area contributed by atoms with Gasteiger partial charge >= 0.3 is 12.0 Å². The van der Waals surface area contributed by atoms with Gasteiger partial charge in [0.05, 0.1) is 29.8 Å². The average molecular weight is 943 g/mol. The number of pyridine rings is 1. The van der Waals surface area contributed by atoms with Crippen molar-refractivity contribution in [3.05, 3.63) is 71.6 Å². The molecule has 2 fully saturated rings. The highest BCUT2D eigenvalue weighted by atomic mass is 32.2. The van der Waals surface area contributed by atoms with Crippen molar-refractivity contribution >= 4 is 61.2 Å². The fourth-order valence-corrected chi connectivity index (χ4v) is 11.5. The summed E-state index contributed by atoms with van der Waals surface area (Å²) in [5.74, 6) is -1.85. The number of hydrogen-bond acceptors (Lipinski definition) is 12. The zero-order valence-corrected chi connectivity index (χ0v) is 39.4. The predicted molar refractivity (Wildman–Crippen MR) is 250 cm³/mol. The zero-order chi connectivity index (χ0) is 46.9. The fraction of sp³-hybridized carbons (Fsp3) is 0.489. The molecule has 4 amide bonds. The second-order valence-electron chi connectivity index (χ2n) is 18.3. The highest BCUT2D eigenvalue weighted by Gasteiger charge is 2.61. The number of carbonyl (C=O) groups is 4. The maximum absolute atomic E-state index is 15.0. The second kappa shape index (κ2) is 19.2. The topological polar surface area (TPSA) is 221 Å². The van der Waals surface area contributed by atoms with E-state index in [9.17, 15) is 32.7 Å². The molecule has 19 heteroatoms. The Kier molecular flexibility index (Phi) is 13.6. The Morgan fingerprint density at radius 1 is 1.05 bits per heavy atom. The number of rotatable bonds is 12. The number of carboxylic acid groups (broad SMARTS) is 1. The average Bonchev–Trinajstić information content (AvgIpc) is 3.51. The van der Waals surface area contributed by atoms with Gasteiger partial charge < -0.3 is 40.7 Å². The molecule has 3 aliphatic heterocycles. The van der Waals surface area contributed by atoms with Crippen molar-refractivity contribution < 1.29 is 42.2 Å². The normalized spacial score (nSPS) is 25.2. The van der Waals surface area contributed by atoms with Crippen LogP contribution in [0, 0.1) is 11.8 Å². The van der Waals surface area contributed by atoms with E-state index in [0.717, 1.165) is 18.0 Å². The number of benzene rings is 2. The predicted octanol–water partition coefficient (Wildman–Crippen LogP) is 5.91. The highest BCUT2D eigenvalue weighted by molar-refractivity contribution is 7.89. The minimum absolute atomic E-state index is 0.0184. The van der Waals surface area contributed by atoms with Crippen LogP contribution in [0.25, 0.3) is 22.3 Å². The molecule has 4 aliphatic rings. The van der Waals surface area contributed by atoms with Gasteiger partial charge in [-0.25, -0.2) is 28.0 Å². The monoisotopic (exact) mass is 942 g/mol. The number of fused-ring (bicyclic) bond motifs is 4. The number of carbonyl (C=O) groups excluding carboxylic acids is 3. The van der Waals surface area contributed by atoms with Gasteiger partial charge in [-0.15, -0.1) is 11.3 Å². The summed E-state index contributed by atoms with van der Waals surface area (Å²) in [4.78, 5) is 67.4. The largest absolute Gasteiger partial charge is 0.497 e. The number of allylic oxidation sites excluding steroid dienone is 1. The van der Waals surface area contributed by atoms with Crippen molar-refractivity contribution in [2.45, 2.75) is 120 Å². The van der Waals surface area contributed by atoms with Crippen LogP contribution < -0.4 is 30.7 Å². The van der Waals surface area contributed by atoms with E-state index in [4.69, 9.17) is 19.4 Å². The van der Waals surface area contributed by atoms with Gasteiger partial charge in [0, 0.05) is 60.4 Å². The number of thiazole rings is 1. The van der Waals surface area contributed by atoms with Gasteiger partial charge in [-0.1, -0.05) is 57.0 Å². The van der Waals surface area contributed by atoms with Crippen LogP contribution in [0.3, 0.4) is 0 Å². The number of hydrogen-bond donors (Lipinski definition) is 5. The lowest BCUT2D eigenvalue weighted by Crippen LogP contribution is -2.58. The van der Waals surface area contributed by atoms with Gasteiger partial charge in [-0.05, 0) is 69.2 Å². The van der Waals surface area contributed by atoms with Crippen molar-refractivity contribution in [3.8, 4) is 22.9 Å². The molecule has 2 aromatic carbocycles. The van der Waals surface area contributed by atoms with E-state index in [1.165, 1.54) is 20.5 Å². The van der Waals surface area contributed by atoms with Crippen molar-refractivity contribution in [2.24, 2.45) is 11.8 Å². The number of aromatic nitrogens is 2. The summed E-state index contributed by atoms with van der Waals surface area (Å²) >= 11 is 1.45. The molecule has 1 unspecified atom stereocenters. The van der Waals surface area contributed by atoms with Crippen molar-refractivity contribution in [3.63, 3.8) is 0 Å². The lowest BCUT2D eigenvalue weighted by molar-refractivity contribution is -0.145. The second-order valence-corrected chi connectivity index (χ2v) is 21.0. The number of anilines is 1. The Bertz CT molecular complexity index is 2640. The number of aliphatic carboxylic acids is 1. The molecule has 6 atom stereocenters. The molecule has 5 N–H and O–H groups in total. The zero-order valence-electron chi connectivity index (χ0n) is 37.8. The summed E-state index contributed by atoms with van der Waals surface area (Å²) in [6, 6.07) is 10.7. The summed E-state index contributed by atoms with van der Waals surface area (Å²) in [6.07, 6.45) is 6.36. The lowest BCUT2D eigenvalue weighted by atomic mass is 10.0. The lowest BCUT2D eigenvalue weighted by Gasteiger charge is -2.31. The minimum Gasteiger partial charge on any atom is -0.497 e. The Labute approximate surface area is 388 Å². The molecule has 0 radical (unpaired) electrons. The van der Waals surface area contributed by atoms with Crippen molar-refractivity contribution in [1.82, 2.24) is 35.1 Å². The number of amides is 4. The van der Waals surface area contributed by atoms with Crippen molar-refractivity contribution in [2.75, 3.05) is 25.5 Å². The molecule has 5 heterocycles. The Morgan fingerprint density at radius 2 is 1.85 bits per heavy atom. The summed E-state index contributed by atoms with van der Waals surface area (Å²) in [7, 11) is -2.20. The van der Waals surface area contributed by atoms with E-state index in [1.54, 1.807) is 49.6 Å². The van der Waals surface area contributed by atoms with Crippen LogP contribution in [-0.2, 0) is 31.0 Å². The van der Waals surface area contributed by atoms with Gasteiger partial charge in [-0.3, -0.25) is 9.59 Å². The van der Waals surface area contributed by atoms with E-state index in [-0.39, 0.29) is 55.8 Å². The molecule has 1 saturated carbocycles. The van der Waals surface area contributed by atoms with Gasteiger partial charge in [0.1, 0.15) is 40.9 Å². The van der Waals surface area contributed by atoms with Crippen LogP contribution in [0.2, 0.25) is 0 Å². The van der Waals surface area contributed by atoms with E-state index < -0.39 is 69.5 Å². The molecule has 352 valence electrons. The maximum atomic E-state index is 15.0. The molecule has 1 saturated heterocycles. The first kappa shape index (κ1) is 46.7. The third kappa shape index (κ3) is 9.83. The van der Waals surface area contributed by atoms with Gasteiger partial charge in [0.15, 0.2) is 5.13 Å². The summed E-state index contributed by atoms with van der Waals surface area (Å²) < 4.78 is 40.6. The molecular weight excluding hydrogens is 885 g/mol. The first-order chi connectivity index (χ1) is 31.6. The molecule has 17 nitrogen and oxygen atoms in total. The van der Waals surface area contributed by atoms with E-state index in [0.29, 0.717) is 52.2 Å². The van der Waals surface area contributed by atoms with Gasteiger partial charge in [-0.2, -0.15) is 4.31 Å². The molecular formula is C47H58N8O9S2. The number of nitrogens with one attached hydrogen (secondary N) is 4. The van der Waals surface area contributed by atoms with E-state index in [2.05, 4.69) is 21.3 Å². The molecule has 0 bridgehead atoms. The number of carboxylic acids is 1. The Morgan fingerprint density at radius 3 is 2.59 bits per heavy atom. The first-order valence-corrected chi connectivity index (χ1v) is 24.9. The summed E-state index contributed by atoms with van der Waals surface area (Å²) in [6.45, 7) is 7.97. The van der Waals surface area contributed by atoms with Crippen molar-refractivity contribution in [1.29, 1.82) is 0 Å². The molecule has 4 aromatic rings. The van der Waals surface area contributed by atoms with Crippen LogP contribution in [0.1, 0.15) is 78.2 Å². The number of sulfonamides is 1. The van der Waals surface area contributed by atoms with Crippen LogP contribution in [-0.4, -0.2) is 113 Å². The number of ether oxygens (including phenoxy) is 2. The third-order valence-corrected chi connectivity index (χ3v) is 15.5. The maximum Gasteiger partial charge on any atom is 0.330 e. The van der Waals surface area contributed by atoms with E-state index in [1.807, 2.05) is 51.3 Å². The number of urea groups is 1. The molecule has 1 aliphatic carbocycles. The molecule has 8 rings (SSSR count). The number of methoxy groups -OCH3 is 1. The number of nitrogens with zero attached hydrogens (tertiary/aromatic N) is 4. The van der Waals surface area contributed by atoms with Gasteiger partial charge in [0.25, 0.3) is 0 Å². The Hall–Kier alpha value is -5.79. The van der Waals surface area contributed by atoms with E-state index >= 15 is 0 Å². The first-order valence-electron chi connectivity index (χ1n) is 22.6. The highest BCUT2D eigenvalue weighted by Crippen LogP contribution is 2.46. The quantitative estimate of drug-likeness (QED) is 0.105. The smallest absolute Gasteiger partial charge is 0.330 e. The molecule has 2 aromatic heterocycles. The summed E-state index contributed by atoms with van der Waals surface area (Å²) in [5.41, 5.74) is 0.912. The van der Waals surface area contributed by atoms with Crippen LogP contribution in [0.15, 0.2) is 71.0 Å². The van der Waals surface area contributed by atoms with Crippen LogP contribution >= 0.6 is 11.3 Å². The van der Waals surface area contributed by atoms with Crippen LogP contribution in [0.4, 0.5) is 9.93 Å². The van der Waals surface area contributed by atoms with Crippen LogP contribution in [0.5, 0.6) is 11.5 Å². The SMILES string of the molecule is COc1ccc2c(O[C@@H]3C[C@H]4C(=O)N[C@]5(C(=O)O)CC5/C=C\CCCCC[C@H](NC(=O)N[C@H](CN5Cc6ccccc6S5(=O)=O)C(C)C)C(=O)N4C3)cc(-c3csc(NC(C)C)n3)nc2c1. The molecule has 66 heavy (non-hydrogen) atoms. The Balaban J connectivity index is 1.07. The fourth-order valence-electron chi connectivity index (χ4n) is 9.04. The van der Waals surface area contributed by atoms with Gasteiger partial charge in [0.2, 0.25) is 21.8 Å². The molecule has 0 spiro atoms.